The van der Waals surface area contributed by atoms with Crippen molar-refractivity contribution in [1.29, 1.82) is 0 Å². The minimum absolute atomic E-state index is 0.102. The lowest BCUT2D eigenvalue weighted by molar-refractivity contribution is 0.336. The van der Waals surface area contributed by atoms with Gasteiger partial charge in [0.2, 0.25) is 0 Å². The fourth-order valence-corrected chi connectivity index (χ4v) is 3.14. The minimum Gasteiger partial charge on any atom is -0.371 e. The number of benzene rings is 1. The molecule has 2 nitrogen and oxygen atoms in total. The highest BCUT2D eigenvalue weighted by atomic mass is 15.1. The van der Waals surface area contributed by atoms with Crippen LogP contribution in [0, 0.1) is 5.92 Å². The molecule has 3 atom stereocenters. The Morgan fingerprint density at radius 2 is 2.00 bits per heavy atom. The maximum absolute atomic E-state index is 6.08. The molecule has 1 aromatic carbocycles. The summed E-state index contributed by atoms with van der Waals surface area (Å²) < 4.78 is 0. The molecule has 0 saturated heterocycles. The number of anilines is 1. The van der Waals surface area contributed by atoms with Gasteiger partial charge in [-0.2, -0.15) is 0 Å². The second kappa shape index (κ2) is 5.75. The first kappa shape index (κ1) is 13.4. The van der Waals surface area contributed by atoms with E-state index in [4.69, 9.17) is 5.73 Å². The van der Waals surface area contributed by atoms with E-state index in [1.807, 2.05) is 0 Å². The molecule has 18 heavy (non-hydrogen) atoms. The fraction of sp³-hybridized carbons (Fsp3) is 0.625. The van der Waals surface area contributed by atoms with Gasteiger partial charge in [0.1, 0.15) is 0 Å². The summed E-state index contributed by atoms with van der Waals surface area (Å²) in [6, 6.07) is 9.34. The predicted molar refractivity (Wildman–Crippen MR) is 78.9 cm³/mol. The number of nitrogens with zero attached hydrogens (tertiary/aromatic N) is 1. The van der Waals surface area contributed by atoms with E-state index >= 15 is 0 Å². The van der Waals surface area contributed by atoms with Gasteiger partial charge in [0, 0.05) is 24.8 Å². The van der Waals surface area contributed by atoms with E-state index in [1.54, 1.807) is 0 Å². The summed E-state index contributed by atoms with van der Waals surface area (Å²) in [7, 11) is 2.23. The van der Waals surface area contributed by atoms with E-state index < -0.39 is 0 Å². The Kier molecular flexibility index (Phi) is 4.28. The van der Waals surface area contributed by atoms with Crippen LogP contribution >= 0.6 is 0 Å². The zero-order chi connectivity index (χ0) is 13.1. The molecule has 1 saturated carbocycles. The summed E-state index contributed by atoms with van der Waals surface area (Å²) in [5, 5.41) is 0. The van der Waals surface area contributed by atoms with Crippen LogP contribution in [-0.2, 0) is 0 Å². The van der Waals surface area contributed by atoms with Crippen molar-refractivity contribution in [2.24, 2.45) is 11.7 Å². The van der Waals surface area contributed by atoms with Crippen molar-refractivity contribution in [1.82, 2.24) is 0 Å². The van der Waals surface area contributed by atoms with Crippen LogP contribution < -0.4 is 10.6 Å². The van der Waals surface area contributed by atoms with Gasteiger partial charge in [0.05, 0.1) is 0 Å². The van der Waals surface area contributed by atoms with Crippen molar-refractivity contribution in [3.8, 4) is 0 Å². The quantitative estimate of drug-likeness (QED) is 0.880. The average Bonchev–Trinajstić information content (AvgIpc) is 2.38. The van der Waals surface area contributed by atoms with Crippen molar-refractivity contribution in [2.45, 2.75) is 51.6 Å². The van der Waals surface area contributed by atoms with Crippen LogP contribution in [0.4, 0.5) is 5.69 Å². The van der Waals surface area contributed by atoms with Crippen LogP contribution in [-0.4, -0.2) is 13.1 Å². The molecule has 1 aliphatic carbocycles. The standard InChI is InChI=1S/C16H26N2/c1-12-7-6-8-14(11-12)18(3)16-10-5-4-9-15(16)13(2)17/h4-5,9-10,12-14H,6-8,11,17H2,1-3H3/t12?,13-,14?/m1/s1. The first-order chi connectivity index (χ1) is 8.59. The molecule has 0 bridgehead atoms. The SMILES string of the molecule is CC1CCCC(N(C)c2ccccc2[C@@H](C)N)C1. The molecule has 0 aromatic heterocycles. The number of rotatable bonds is 3. The summed E-state index contributed by atoms with van der Waals surface area (Å²) in [4.78, 5) is 2.45. The van der Waals surface area contributed by atoms with Crippen LogP contribution in [0.1, 0.15) is 51.1 Å². The lowest BCUT2D eigenvalue weighted by Crippen LogP contribution is -2.36. The van der Waals surface area contributed by atoms with Gasteiger partial charge in [-0.15, -0.1) is 0 Å². The number of hydrogen-bond donors (Lipinski definition) is 1. The normalized spacial score (nSPS) is 25.8. The molecular formula is C16H26N2. The zero-order valence-corrected chi connectivity index (χ0v) is 11.9. The Bertz CT molecular complexity index is 386. The van der Waals surface area contributed by atoms with E-state index in [9.17, 15) is 0 Å². The van der Waals surface area contributed by atoms with Crippen LogP contribution in [0.5, 0.6) is 0 Å². The van der Waals surface area contributed by atoms with Gasteiger partial charge in [-0.25, -0.2) is 0 Å². The second-order valence-corrected chi connectivity index (χ2v) is 5.88. The Morgan fingerprint density at radius 1 is 1.28 bits per heavy atom. The van der Waals surface area contributed by atoms with Crippen molar-refractivity contribution in [2.75, 3.05) is 11.9 Å². The molecule has 1 aromatic rings. The predicted octanol–water partition coefficient (Wildman–Crippen LogP) is 3.72. The molecule has 2 heteroatoms. The van der Waals surface area contributed by atoms with Gasteiger partial charge < -0.3 is 10.6 Å². The van der Waals surface area contributed by atoms with Gasteiger partial charge in [0.15, 0.2) is 0 Å². The third kappa shape index (κ3) is 2.86. The highest BCUT2D eigenvalue weighted by Crippen LogP contribution is 2.32. The molecule has 100 valence electrons. The van der Waals surface area contributed by atoms with Crippen molar-refractivity contribution >= 4 is 5.69 Å². The Hall–Kier alpha value is -1.02. The van der Waals surface area contributed by atoms with Crippen LogP contribution in [0.3, 0.4) is 0 Å². The lowest BCUT2D eigenvalue weighted by atomic mass is 9.86. The van der Waals surface area contributed by atoms with Crippen LogP contribution in [0.15, 0.2) is 24.3 Å². The third-order valence-electron chi connectivity index (χ3n) is 4.26. The first-order valence-corrected chi connectivity index (χ1v) is 7.17. The summed E-state index contributed by atoms with van der Waals surface area (Å²) in [6.45, 7) is 4.44. The minimum atomic E-state index is 0.102. The van der Waals surface area contributed by atoms with Gasteiger partial charge in [-0.1, -0.05) is 38.0 Å². The van der Waals surface area contributed by atoms with Gasteiger partial charge in [0.25, 0.3) is 0 Å². The number of para-hydroxylation sites is 1. The maximum Gasteiger partial charge on any atom is 0.0414 e. The van der Waals surface area contributed by atoms with Gasteiger partial charge in [-0.05, 0) is 37.3 Å². The summed E-state index contributed by atoms with van der Waals surface area (Å²) in [5.41, 5.74) is 8.66. The molecule has 0 spiro atoms. The average molecular weight is 246 g/mol. The molecule has 0 amide bonds. The van der Waals surface area contributed by atoms with Crippen molar-refractivity contribution in [3.05, 3.63) is 29.8 Å². The van der Waals surface area contributed by atoms with Gasteiger partial charge in [-0.3, -0.25) is 0 Å². The monoisotopic (exact) mass is 246 g/mol. The molecular weight excluding hydrogens is 220 g/mol. The Balaban J connectivity index is 2.19. The summed E-state index contributed by atoms with van der Waals surface area (Å²) in [5.74, 6) is 0.855. The molecule has 2 rings (SSSR count). The Morgan fingerprint density at radius 3 is 2.67 bits per heavy atom. The van der Waals surface area contributed by atoms with Gasteiger partial charge >= 0.3 is 0 Å². The topological polar surface area (TPSA) is 29.3 Å². The lowest BCUT2D eigenvalue weighted by Gasteiger charge is -2.37. The number of hydrogen-bond acceptors (Lipinski definition) is 2. The van der Waals surface area contributed by atoms with Crippen molar-refractivity contribution in [3.63, 3.8) is 0 Å². The molecule has 2 unspecified atom stereocenters. The van der Waals surface area contributed by atoms with Crippen molar-refractivity contribution < 1.29 is 0 Å². The molecule has 0 aliphatic heterocycles. The fourth-order valence-electron chi connectivity index (χ4n) is 3.14. The van der Waals surface area contributed by atoms with E-state index in [0.717, 1.165) is 5.92 Å². The highest BCUT2D eigenvalue weighted by Gasteiger charge is 2.24. The van der Waals surface area contributed by atoms with Crippen LogP contribution in [0.25, 0.3) is 0 Å². The smallest absolute Gasteiger partial charge is 0.0414 e. The van der Waals surface area contributed by atoms with E-state index in [0.29, 0.717) is 6.04 Å². The van der Waals surface area contributed by atoms with E-state index in [2.05, 4.69) is 50.1 Å². The summed E-state index contributed by atoms with van der Waals surface area (Å²) in [6.07, 6.45) is 5.37. The third-order valence-corrected chi connectivity index (χ3v) is 4.26. The first-order valence-electron chi connectivity index (χ1n) is 7.17. The zero-order valence-electron chi connectivity index (χ0n) is 11.9. The number of nitrogens with two attached hydrogens (primary N) is 1. The second-order valence-electron chi connectivity index (χ2n) is 5.88. The molecule has 2 N–H and O–H groups in total. The molecule has 0 radical (unpaired) electrons. The molecule has 0 heterocycles. The van der Waals surface area contributed by atoms with E-state index in [-0.39, 0.29) is 6.04 Å². The maximum atomic E-state index is 6.08. The summed E-state index contributed by atoms with van der Waals surface area (Å²) >= 11 is 0. The van der Waals surface area contributed by atoms with Crippen LogP contribution in [0.2, 0.25) is 0 Å². The largest absolute Gasteiger partial charge is 0.371 e. The van der Waals surface area contributed by atoms with E-state index in [1.165, 1.54) is 36.9 Å². The molecule has 1 aliphatic rings. The Labute approximate surface area is 111 Å². The highest BCUT2D eigenvalue weighted by molar-refractivity contribution is 5.55. The molecule has 1 fully saturated rings.